The predicted octanol–water partition coefficient (Wildman–Crippen LogP) is 0.869. The van der Waals surface area contributed by atoms with Crippen molar-refractivity contribution in [3.63, 3.8) is 0 Å². The second kappa shape index (κ2) is 5.19. The molecule has 0 saturated heterocycles. The van der Waals surface area contributed by atoms with Crippen LogP contribution in [0.1, 0.15) is 11.1 Å². The molecule has 4 heteroatoms. The summed E-state index contributed by atoms with van der Waals surface area (Å²) in [5, 5.41) is 0. The molecule has 3 nitrogen and oxygen atoms in total. The van der Waals surface area contributed by atoms with E-state index in [1.807, 2.05) is 0 Å². The third-order valence-electron chi connectivity index (χ3n) is 2.15. The first-order chi connectivity index (χ1) is 7.60. The van der Waals surface area contributed by atoms with Crippen LogP contribution in [0.5, 0.6) is 0 Å². The Morgan fingerprint density at radius 3 is 2.75 bits per heavy atom. The Morgan fingerprint density at radius 2 is 2.19 bits per heavy atom. The van der Waals surface area contributed by atoms with Crippen LogP contribution in [0.25, 0.3) is 0 Å². The number of anilines is 1. The molecule has 0 radical (unpaired) electrons. The summed E-state index contributed by atoms with van der Waals surface area (Å²) >= 11 is 0. The topological polar surface area (TPSA) is 78.1 Å². The van der Waals surface area contributed by atoms with E-state index in [4.69, 9.17) is 17.2 Å². The van der Waals surface area contributed by atoms with Crippen LogP contribution in [0.15, 0.2) is 23.9 Å². The smallest absolute Gasteiger partial charge is 0.161 e. The van der Waals surface area contributed by atoms with E-state index in [1.54, 1.807) is 13.0 Å². The lowest BCUT2D eigenvalue weighted by atomic mass is 10.1. The number of nitrogen functional groups attached to an aromatic ring is 1. The number of hydrogen-bond acceptors (Lipinski definition) is 3. The molecule has 0 aliphatic carbocycles. The summed E-state index contributed by atoms with van der Waals surface area (Å²) in [6.07, 6.45) is 1.31. The van der Waals surface area contributed by atoms with Crippen molar-refractivity contribution < 1.29 is 4.39 Å². The summed E-state index contributed by atoms with van der Waals surface area (Å²) in [5.41, 5.74) is 17.8. The van der Waals surface area contributed by atoms with E-state index in [-0.39, 0.29) is 17.8 Å². The standard InChI is InChI=1S/C12H14FN3/c1-8-2-5-11(16)12(13)10(8)4-3-9(6-14)7-15/h2,5-6H,7,14-16H2,1H3/b9-6-. The first-order valence-electron chi connectivity index (χ1n) is 4.77. The van der Waals surface area contributed by atoms with E-state index in [2.05, 4.69) is 11.8 Å². The molecular formula is C12H14FN3. The van der Waals surface area contributed by atoms with Gasteiger partial charge < -0.3 is 17.2 Å². The third-order valence-corrected chi connectivity index (χ3v) is 2.15. The third kappa shape index (κ3) is 2.53. The van der Waals surface area contributed by atoms with Crippen LogP contribution < -0.4 is 17.2 Å². The number of halogens is 1. The van der Waals surface area contributed by atoms with E-state index in [1.165, 1.54) is 12.3 Å². The second-order valence-corrected chi connectivity index (χ2v) is 3.31. The molecule has 6 N–H and O–H groups in total. The fraction of sp³-hybridized carbons (Fsp3) is 0.167. The molecule has 0 bridgehead atoms. The van der Waals surface area contributed by atoms with Crippen LogP contribution in [0.4, 0.5) is 10.1 Å². The van der Waals surface area contributed by atoms with E-state index < -0.39 is 5.82 Å². The van der Waals surface area contributed by atoms with Gasteiger partial charge in [-0.05, 0) is 18.6 Å². The van der Waals surface area contributed by atoms with Gasteiger partial charge in [0, 0.05) is 18.3 Å². The molecule has 0 fully saturated rings. The van der Waals surface area contributed by atoms with Crippen LogP contribution in [0.2, 0.25) is 0 Å². The van der Waals surface area contributed by atoms with Crippen LogP contribution in [-0.4, -0.2) is 6.54 Å². The number of aryl methyl sites for hydroxylation is 1. The Bertz CT molecular complexity index is 481. The summed E-state index contributed by atoms with van der Waals surface area (Å²) in [7, 11) is 0. The Balaban J connectivity index is 3.20. The zero-order chi connectivity index (χ0) is 12.1. The SMILES string of the molecule is Cc1ccc(N)c(F)c1C#C/C(=C/N)CN. The summed E-state index contributed by atoms with van der Waals surface area (Å²) in [5.74, 6) is 4.90. The van der Waals surface area contributed by atoms with Gasteiger partial charge in [0.2, 0.25) is 0 Å². The van der Waals surface area contributed by atoms with Gasteiger partial charge in [0.15, 0.2) is 5.82 Å². The van der Waals surface area contributed by atoms with Crippen LogP contribution in [0.3, 0.4) is 0 Å². The molecule has 0 amide bonds. The zero-order valence-corrected chi connectivity index (χ0v) is 9.05. The maximum Gasteiger partial charge on any atom is 0.161 e. The van der Waals surface area contributed by atoms with Gasteiger partial charge in [-0.1, -0.05) is 17.9 Å². The normalized spacial score (nSPS) is 10.8. The maximum absolute atomic E-state index is 13.6. The largest absolute Gasteiger partial charge is 0.404 e. The number of nitrogens with two attached hydrogens (primary N) is 3. The Morgan fingerprint density at radius 1 is 1.50 bits per heavy atom. The van der Waals surface area contributed by atoms with Gasteiger partial charge in [0.05, 0.1) is 11.3 Å². The van der Waals surface area contributed by atoms with Crippen LogP contribution in [0, 0.1) is 24.6 Å². The van der Waals surface area contributed by atoms with E-state index in [9.17, 15) is 4.39 Å². The molecule has 16 heavy (non-hydrogen) atoms. The van der Waals surface area contributed by atoms with E-state index in [0.717, 1.165) is 5.56 Å². The van der Waals surface area contributed by atoms with Gasteiger partial charge in [-0.25, -0.2) is 4.39 Å². The van der Waals surface area contributed by atoms with Crippen LogP contribution in [-0.2, 0) is 0 Å². The molecule has 84 valence electrons. The van der Waals surface area contributed by atoms with Gasteiger partial charge in [0.1, 0.15) is 0 Å². The second-order valence-electron chi connectivity index (χ2n) is 3.31. The van der Waals surface area contributed by atoms with E-state index >= 15 is 0 Å². The van der Waals surface area contributed by atoms with E-state index in [0.29, 0.717) is 5.57 Å². The lowest BCUT2D eigenvalue weighted by Crippen LogP contribution is -2.03. The molecule has 0 saturated carbocycles. The van der Waals surface area contributed by atoms with Gasteiger partial charge in [-0.15, -0.1) is 0 Å². The average Bonchev–Trinajstić information content (AvgIpc) is 2.29. The van der Waals surface area contributed by atoms with Gasteiger partial charge in [-0.2, -0.15) is 0 Å². The van der Waals surface area contributed by atoms with Crippen molar-refractivity contribution in [2.45, 2.75) is 6.92 Å². The first kappa shape index (κ1) is 12.1. The highest BCUT2D eigenvalue weighted by atomic mass is 19.1. The number of benzene rings is 1. The highest BCUT2D eigenvalue weighted by molar-refractivity contribution is 5.54. The summed E-state index contributed by atoms with van der Waals surface area (Å²) in [6.45, 7) is 1.99. The quantitative estimate of drug-likeness (QED) is 0.484. The van der Waals surface area contributed by atoms with Crippen molar-refractivity contribution in [1.82, 2.24) is 0 Å². The fourth-order valence-corrected chi connectivity index (χ4v) is 1.15. The molecule has 0 aliphatic rings. The summed E-state index contributed by atoms with van der Waals surface area (Å²) in [4.78, 5) is 0. The van der Waals surface area contributed by atoms with Crippen molar-refractivity contribution in [2.75, 3.05) is 12.3 Å². The van der Waals surface area contributed by atoms with Gasteiger partial charge in [-0.3, -0.25) is 0 Å². The summed E-state index contributed by atoms with van der Waals surface area (Å²) in [6, 6.07) is 3.23. The van der Waals surface area contributed by atoms with Crippen molar-refractivity contribution in [3.8, 4) is 11.8 Å². The molecule has 1 rings (SSSR count). The Kier molecular flexibility index (Phi) is 3.92. The highest BCUT2D eigenvalue weighted by Gasteiger charge is 2.06. The average molecular weight is 219 g/mol. The molecule has 0 spiro atoms. The van der Waals surface area contributed by atoms with Gasteiger partial charge >= 0.3 is 0 Å². The molecule has 0 aliphatic heterocycles. The Labute approximate surface area is 94.1 Å². The lowest BCUT2D eigenvalue weighted by molar-refractivity contribution is 0.628. The highest BCUT2D eigenvalue weighted by Crippen LogP contribution is 2.17. The molecule has 0 heterocycles. The first-order valence-corrected chi connectivity index (χ1v) is 4.77. The monoisotopic (exact) mass is 219 g/mol. The number of rotatable bonds is 1. The van der Waals surface area contributed by atoms with Crippen LogP contribution >= 0.6 is 0 Å². The van der Waals surface area contributed by atoms with Crippen molar-refractivity contribution >= 4 is 5.69 Å². The van der Waals surface area contributed by atoms with Crippen molar-refractivity contribution in [2.24, 2.45) is 11.5 Å². The summed E-state index contributed by atoms with van der Waals surface area (Å²) < 4.78 is 13.6. The molecule has 0 atom stereocenters. The number of hydrogen-bond donors (Lipinski definition) is 3. The van der Waals surface area contributed by atoms with Crippen molar-refractivity contribution in [3.05, 3.63) is 40.8 Å². The Hall–Kier alpha value is -1.99. The molecule has 1 aromatic rings. The minimum absolute atomic E-state index is 0.0842. The zero-order valence-electron chi connectivity index (χ0n) is 9.05. The molecule has 0 aromatic heterocycles. The lowest BCUT2D eigenvalue weighted by Gasteiger charge is -2.02. The van der Waals surface area contributed by atoms with Gasteiger partial charge in [0.25, 0.3) is 0 Å². The minimum atomic E-state index is -0.499. The fourth-order valence-electron chi connectivity index (χ4n) is 1.15. The minimum Gasteiger partial charge on any atom is -0.404 e. The predicted molar refractivity (Wildman–Crippen MR) is 63.8 cm³/mol. The molecule has 0 unspecified atom stereocenters. The molecular weight excluding hydrogens is 205 g/mol. The maximum atomic E-state index is 13.6. The van der Waals surface area contributed by atoms with Crippen molar-refractivity contribution in [1.29, 1.82) is 0 Å². The molecule has 1 aromatic carbocycles.